The fourth-order valence-corrected chi connectivity index (χ4v) is 2.14. The van der Waals surface area contributed by atoms with Crippen molar-refractivity contribution < 1.29 is 12.8 Å². The van der Waals surface area contributed by atoms with Gasteiger partial charge in [-0.2, -0.15) is 5.26 Å². The summed E-state index contributed by atoms with van der Waals surface area (Å²) in [5.41, 5.74) is -0.635. The summed E-state index contributed by atoms with van der Waals surface area (Å²) < 4.78 is 34.8. The van der Waals surface area contributed by atoms with E-state index in [0.29, 0.717) is 0 Å². The van der Waals surface area contributed by atoms with Crippen LogP contribution in [0.3, 0.4) is 0 Å². The molecule has 1 aromatic rings. The molecule has 3 nitrogen and oxygen atoms in total. The van der Waals surface area contributed by atoms with Crippen LogP contribution in [0, 0.1) is 17.1 Å². The van der Waals surface area contributed by atoms with Gasteiger partial charge in [-0.15, -0.1) is 0 Å². The van der Waals surface area contributed by atoms with E-state index >= 15 is 0 Å². The van der Waals surface area contributed by atoms with E-state index in [4.69, 9.17) is 27.5 Å². The zero-order valence-electron chi connectivity index (χ0n) is 6.46. The standard InChI is InChI=1S/C7H2Cl2FNO2S/c8-4-1-6(10)5(3-11)7(2-4)14(9,12)13/h1-2H. The molecule has 14 heavy (non-hydrogen) atoms. The molecular weight excluding hydrogens is 252 g/mol. The first-order valence-corrected chi connectivity index (χ1v) is 5.89. The lowest BCUT2D eigenvalue weighted by molar-refractivity contribution is 0.600. The van der Waals surface area contributed by atoms with Crippen molar-refractivity contribution >= 4 is 31.3 Å². The average molecular weight is 254 g/mol. The van der Waals surface area contributed by atoms with Crippen LogP contribution in [0.15, 0.2) is 17.0 Å². The number of nitrogens with zero attached hydrogens (tertiary/aromatic N) is 1. The predicted molar refractivity (Wildman–Crippen MR) is 49.2 cm³/mol. The van der Waals surface area contributed by atoms with Gasteiger partial charge in [0.25, 0.3) is 9.05 Å². The highest BCUT2D eigenvalue weighted by atomic mass is 35.7. The highest BCUT2D eigenvalue weighted by molar-refractivity contribution is 8.13. The first kappa shape index (κ1) is 11.2. The number of nitriles is 1. The van der Waals surface area contributed by atoms with Crippen molar-refractivity contribution in [3.05, 3.63) is 28.5 Å². The first-order chi connectivity index (χ1) is 6.36. The molecule has 0 fully saturated rings. The Balaban J connectivity index is 3.68. The summed E-state index contributed by atoms with van der Waals surface area (Å²) in [4.78, 5) is -0.619. The van der Waals surface area contributed by atoms with Crippen molar-refractivity contribution in [2.45, 2.75) is 4.90 Å². The van der Waals surface area contributed by atoms with Crippen LogP contribution < -0.4 is 0 Å². The summed E-state index contributed by atoms with van der Waals surface area (Å²) in [6.07, 6.45) is 0. The molecule has 0 aliphatic rings. The first-order valence-electron chi connectivity index (χ1n) is 3.20. The van der Waals surface area contributed by atoms with E-state index in [1.165, 1.54) is 6.07 Å². The maximum absolute atomic E-state index is 13.0. The van der Waals surface area contributed by atoms with Crippen LogP contribution in [-0.2, 0) is 9.05 Å². The summed E-state index contributed by atoms with van der Waals surface area (Å²) in [5.74, 6) is -1.01. The molecule has 0 amide bonds. The topological polar surface area (TPSA) is 57.9 Å². The quantitative estimate of drug-likeness (QED) is 0.722. The van der Waals surface area contributed by atoms with Crippen molar-refractivity contribution in [2.75, 3.05) is 0 Å². The molecule has 0 aromatic heterocycles. The second-order valence-electron chi connectivity index (χ2n) is 2.31. The fourth-order valence-electron chi connectivity index (χ4n) is 0.851. The monoisotopic (exact) mass is 253 g/mol. The lowest BCUT2D eigenvalue weighted by Gasteiger charge is -2.01. The number of rotatable bonds is 1. The molecule has 0 heterocycles. The van der Waals surface area contributed by atoms with Crippen LogP contribution in [0.4, 0.5) is 4.39 Å². The number of hydrogen-bond donors (Lipinski definition) is 0. The largest absolute Gasteiger partial charge is 0.262 e. The molecule has 1 rings (SSSR count). The Morgan fingerprint density at radius 3 is 2.43 bits per heavy atom. The van der Waals surface area contributed by atoms with Crippen LogP contribution in [0.25, 0.3) is 0 Å². The minimum absolute atomic E-state index is 0.138. The second kappa shape index (κ2) is 3.73. The molecule has 7 heteroatoms. The maximum atomic E-state index is 13.0. The van der Waals surface area contributed by atoms with Gasteiger partial charge >= 0.3 is 0 Å². The van der Waals surface area contributed by atoms with Crippen molar-refractivity contribution in [1.82, 2.24) is 0 Å². The molecule has 1 aromatic carbocycles. The number of halogens is 3. The average Bonchev–Trinajstić information content (AvgIpc) is 2.01. The van der Waals surface area contributed by atoms with Gasteiger partial charge < -0.3 is 0 Å². The minimum atomic E-state index is -4.17. The Kier molecular flexibility index (Phi) is 3.00. The Labute approximate surface area is 89.1 Å². The van der Waals surface area contributed by atoms with Gasteiger partial charge in [0, 0.05) is 15.7 Å². The molecule has 0 N–H and O–H groups in total. The van der Waals surface area contributed by atoms with E-state index in [9.17, 15) is 12.8 Å². The van der Waals surface area contributed by atoms with Crippen LogP contribution in [0.1, 0.15) is 5.56 Å². The number of benzene rings is 1. The third-order valence-corrected chi connectivity index (χ3v) is 2.96. The van der Waals surface area contributed by atoms with Gasteiger partial charge in [0.1, 0.15) is 22.3 Å². The van der Waals surface area contributed by atoms with Gasteiger partial charge in [0.05, 0.1) is 0 Å². The lowest BCUT2D eigenvalue weighted by Crippen LogP contribution is -1.98. The molecule has 0 aliphatic carbocycles. The zero-order chi connectivity index (χ0) is 10.9. The van der Waals surface area contributed by atoms with Crippen molar-refractivity contribution in [3.8, 4) is 6.07 Å². The van der Waals surface area contributed by atoms with Crippen LogP contribution in [-0.4, -0.2) is 8.42 Å². The van der Waals surface area contributed by atoms with Crippen molar-refractivity contribution in [3.63, 3.8) is 0 Å². The summed E-state index contributed by atoms with van der Waals surface area (Å²) in [6.45, 7) is 0. The van der Waals surface area contributed by atoms with Crippen LogP contribution in [0.2, 0.25) is 5.02 Å². The molecule has 0 aliphatic heterocycles. The minimum Gasteiger partial charge on any atom is -0.207 e. The summed E-state index contributed by atoms with van der Waals surface area (Å²) >= 11 is 5.41. The lowest BCUT2D eigenvalue weighted by atomic mass is 10.2. The van der Waals surface area contributed by atoms with E-state index in [-0.39, 0.29) is 5.02 Å². The van der Waals surface area contributed by atoms with Gasteiger partial charge in [0.15, 0.2) is 0 Å². The Morgan fingerprint density at radius 1 is 1.43 bits per heavy atom. The molecular formula is C7H2Cl2FNO2S. The summed E-state index contributed by atoms with van der Waals surface area (Å²) in [5, 5.41) is 8.36. The van der Waals surface area contributed by atoms with E-state index in [1.807, 2.05) is 0 Å². The third kappa shape index (κ3) is 2.15. The van der Waals surface area contributed by atoms with Gasteiger partial charge in [-0.3, -0.25) is 0 Å². The highest BCUT2D eigenvalue weighted by Crippen LogP contribution is 2.25. The zero-order valence-corrected chi connectivity index (χ0v) is 8.79. The SMILES string of the molecule is N#Cc1c(F)cc(Cl)cc1S(=O)(=O)Cl. The smallest absolute Gasteiger partial charge is 0.207 e. The predicted octanol–water partition coefficient (Wildman–Crippen LogP) is 2.28. The van der Waals surface area contributed by atoms with E-state index in [1.54, 1.807) is 0 Å². The maximum Gasteiger partial charge on any atom is 0.262 e. The molecule has 0 saturated heterocycles. The summed E-state index contributed by atoms with van der Waals surface area (Å²) in [6, 6.07) is 3.16. The van der Waals surface area contributed by atoms with Crippen molar-refractivity contribution in [1.29, 1.82) is 5.26 Å². The van der Waals surface area contributed by atoms with E-state index in [0.717, 1.165) is 12.1 Å². The number of hydrogen-bond acceptors (Lipinski definition) is 3. The third-order valence-electron chi connectivity index (χ3n) is 1.39. The highest BCUT2D eigenvalue weighted by Gasteiger charge is 2.20. The fraction of sp³-hybridized carbons (Fsp3) is 0. The van der Waals surface area contributed by atoms with Gasteiger partial charge in [-0.1, -0.05) is 11.6 Å². The molecule has 0 atom stereocenters. The molecule has 0 unspecified atom stereocenters. The van der Waals surface area contributed by atoms with Crippen molar-refractivity contribution in [2.24, 2.45) is 0 Å². The van der Waals surface area contributed by atoms with Gasteiger partial charge in [-0.05, 0) is 12.1 Å². The molecule has 0 spiro atoms. The van der Waals surface area contributed by atoms with Crippen LogP contribution >= 0.6 is 22.3 Å². The van der Waals surface area contributed by atoms with Gasteiger partial charge in [0.2, 0.25) is 0 Å². The Hall–Kier alpha value is -0.830. The Morgan fingerprint density at radius 2 is 2.00 bits per heavy atom. The van der Waals surface area contributed by atoms with Crippen LogP contribution in [0.5, 0.6) is 0 Å². The molecule has 0 saturated carbocycles. The second-order valence-corrected chi connectivity index (χ2v) is 5.28. The molecule has 0 radical (unpaired) electrons. The summed E-state index contributed by atoms with van der Waals surface area (Å²) in [7, 11) is 0.817. The normalized spacial score (nSPS) is 11.0. The van der Waals surface area contributed by atoms with E-state index < -0.39 is 25.3 Å². The van der Waals surface area contributed by atoms with Gasteiger partial charge in [-0.25, -0.2) is 12.8 Å². The Bertz CT molecular complexity index is 521. The van der Waals surface area contributed by atoms with E-state index in [2.05, 4.69) is 0 Å². The molecule has 74 valence electrons. The molecule has 0 bridgehead atoms.